The summed E-state index contributed by atoms with van der Waals surface area (Å²) in [6, 6.07) is 13.8. The molecule has 0 radical (unpaired) electrons. The monoisotopic (exact) mass is 471 g/mol. The summed E-state index contributed by atoms with van der Waals surface area (Å²) in [5.41, 5.74) is 13.1. The van der Waals surface area contributed by atoms with Crippen LogP contribution in [0, 0.1) is 23.5 Å². The number of nitrogens with two attached hydrogens (primary N) is 2. The van der Waals surface area contributed by atoms with E-state index in [1.807, 2.05) is 30.3 Å². The number of benzene rings is 2. The first-order chi connectivity index (χ1) is 14.3. The van der Waals surface area contributed by atoms with Gasteiger partial charge in [-0.25, -0.2) is 18.6 Å². The molecule has 1 aromatic heterocycles. The second kappa shape index (κ2) is 9.37. The molecule has 1 amide bonds. The Hall–Kier alpha value is -3.44. The highest BCUT2D eigenvalue weighted by atomic mass is 79.9. The molecule has 0 aliphatic carbocycles. The van der Waals surface area contributed by atoms with Gasteiger partial charge in [-0.15, -0.1) is 0 Å². The van der Waals surface area contributed by atoms with Crippen LogP contribution in [-0.4, -0.2) is 11.1 Å². The van der Waals surface area contributed by atoms with Crippen molar-refractivity contribution in [3.8, 4) is 11.8 Å². The number of hydrogen-bond donors (Lipinski definition) is 2. The Kier molecular flexibility index (Phi) is 6.65. The van der Waals surface area contributed by atoms with Gasteiger partial charge in [-0.05, 0) is 57.7 Å². The topological polar surface area (TPSA) is 91.2 Å². The van der Waals surface area contributed by atoms with E-state index in [1.165, 1.54) is 0 Å². The molecule has 8 heteroatoms. The van der Waals surface area contributed by atoms with Crippen LogP contribution in [0.2, 0.25) is 0 Å². The van der Waals surface area contributed by atoms with Gasteiger partial charge in [0.15, 0.2) is 6.10 Å². The summed E-state index contributed by atoms with van der Waals surface area (Å²) in [5.74, 6) is 4.34. The SMILES string of the molecule is NC(=O)OC(Cc1cc(F)cc(F)c1)c1nc(C#Cc2ccccc2)c(N)cc1Br. The maximum atomic E-state index is 13.6. The van der Waals surface area contributed by atoms with Crippen LogP contribution in [0.4, 0.5) is 19.3 Å². The van der Waals surface area contributed by atoms with E-state index >= 15 is 0 Å². The Morgan fingerprint density at radius 3 is 2.40 bits per heavy atom. The van der Waals surface area contributed by atoms with Crippen LogP contribution in [0.25, 0.3) is 0 Å². The molecule has 0 saturated heterocycles. The molecule has 2 aromatic carbocycles. The molecule has 1 atom stereocenters. The van der Waals surface area contributed by atoms with Gasteiger partial charge in [-0.1, -0.05) is 24.1 Å². The third kappa shape index (κ3) is 5.55. The number of aromatic nitrogens is 1. The third-order valence-corrected chi connectivity index (χ3v) is 4.67. The molecule has 0 aliphatic heterocycles. The van der Waals surface area contributed by atoms with Crippen LogP contribution in [-0.2, 0) is 11.2 Å². The number of primary amides is 1. The summed E-state index contributed by atoms with van der Waals surface area (Å²) >= 11 is 3.34. The van der Waals surface area contributed by atoms with Gasteiger partial charge in [0.2, 0.25) is 0 Å². The van der Waals surface area contributed by atoms with Crippen LogP contribution >= 0.6 is 15.9 Å². The molecule has 4 N–H and O–H groups in total. The van der Waals surface area contributed by atoms with Crippen molar-refractivity contribution in [1.82, 2.24) is 4.98 Å². The lowest BCUT2D eigenvalue weighted by Gasteiger charge is -2.18. The van der Waals surface area contributed by atoms with E-state index in [2.05, 4.69) is 32.8 Å². The van der Waals surface area contributed by atoms with Crippen molar-refractivity contribution in [3.05, 3.63) is 93.2 Å². The van der Waals surface area contributed by atoms with Crippen LogP contribution < -0.4 is 11.5 Å². The molecule has 3 rings (SSSR count). The number of nitrogen functional groups attached to an aromatic ring is 1. The Labute approximate surface area is 180 Å². The van der Waals surface area contributed by atoms with Gasteiger partial charge in [-0.2, -0.15) is 0 Å². The van der Waals surface area contributed by atoms with Gasteiger partial charge in [-0.3, -0.25) is 0 Å². The summed E-state index contributed by atoms with van der Waals surface area (Å²) in [4.78, 5) is 15.9. The number of hydrogen-bond acceptors (Lipinski definition) is 4. The Morgan fingerprint density at radius 2 is 1.77 bits per heavy atom. The average molecular weight is 472 g/mol. The van der Waals surface area contributed by atoms with Gasteiger partial charge in [0.25, 0.3) is 0 Å². The van der Waals surface area contributed by atoms with E-state index in [0.717, 1.165) is 23.8 Å². The van der Waals surface area contributed by atoms with Crippen molar-refractivity contribution in [2.24, 2.45) is 5.73 Å². The number of anilines is 1. The minimum absolute atomic E-state index is 0.0569. The van der Waals surface area contributed by atoms with E-state index in [4.69, 9.17) is 16.2 Å². The van der Waals surface area contributed by atoms with Gasteiger partial charge in [0, 0.05) is 22.5 Å². The van der Waals surface area contributed by atoms with E-state index in [9.17, 15) is 13.6 Å². The highest BCUT2D eigenvalue weighted by Crippen LogP contribution is 2.30. The lowest BCUT2D eigenvalue weighted by Crippen LogP contribution is -2.20. The first-order valence-electron chi connectivity index (χ1n) is 8.76. The molecule has 0 fully saturated rings. The maximum Gasteiger partial charge on any atom is 0.405 e. The van der Waals surface area contributed by atoms with E-state index in [1.54, 1.807) is 6.07 Å². The fourth-order valence-electron chi connectivity index (χ4n) is 2.77. The number of carbonyl (C=O) groups excluding carboxylic acids is 1. The standard InChI is InChI=1S/C22H16BrF2N3O2/c23-17-12-18(26)19(7-6-13-4-2-1-3-5-13)28-21(17)20(30-22(27)29)10-14-8-15(24)11-16(25)9-14/h1-5,8-9,11-12,20H,10,26H2,(H2,27,29). The second-order valence-electron chi connectivity index (χ2n) is 6.32. The van der Waals surface area contributed by atoms with Crippen LogP contribution in [0.3, 0.4) is 0 Å². The summed E-state index contributed by atoms with van der Waals surface area (Å²) < 4.78 is 32.7. The van der Waals surface area contributed by atoms with Crippen molar-refractivity contribution in [3.63, 3.8) is 0 Å². The first-order valence-corrected chi connectivity index (χ1v) is 9.55. The molecule has 0 saturated carbocycles. The summed E-state index contributed by atoms with van der Waals surface area (Å²) in [5, 5.41) is 0. The molecule has 0 aliphatic rings. The first kappa shape index (κ1) is 21.3. The Bertz CT molecular complexity index is 1120. The number of carbonyl (C=O) groups is 1. The number of halogens is 3. The molecule has 0 bridgehead atoms. The van der Waals surface area contributed by atoms with Crippen molar-refractivity contribution in [2.75, 3.05) is 5.73 Å². The van der Waals surface area contributed by atoms with Gasteiger partial charge >= 0.3 is 6.09 Å². The van der Waals surface area contributed by atoms with Crippen molar-refractivity contribution in [1.29, 1.82) is 0 Å². The molecule has 0 spiro atoms. The molecule has 1 heterocycles. The van der Waals surface area contributed by atoms with Crippen LogP contribution in [0.15, 0.2) is 59.1 Å². The molecule has 3 aromatic rings. The predicted octanol–water partition coefficient (Wildman–Crippen LogP) is 4.48. The minimum atomic E-state index is -1.06. The molecule has 152 valence electrons. The zero-order valence-corrected chi connectivity index (χ0v) is 17.1. The summed E-state index contributed by atoms with van der Waals surface area (Å²) in [6.07, 6.45) is -2.13. The molecular formula is C22H16BrF2N3O2. The fourth-order valence-corrected chi connectivity index (χ4v) is 3.36. The number of rotatable bonds is 4. The van der Waals surface area contributed by atoms with Crippen LogP contribution in [0.5, 0.6) is 0 Å². The predicted molar refractivity (Wildman–Crippen MR) is 112 cm³/mol. The minimum Gasteiger partial charge on any atom is -0.439 e. The maximum absolute atomic E-state index is 13.6. The Balaban J connectivity index is 2.00. The smallest absolute Gasteiger partial charge is 0.405 e. The summed E-state index contributed by atoms with van der Waals surface area (Å²) in [6.45, 7) is 0. The third-order valence-electron chi connectivity index (χ3n) is 4.04. The molecule has 30 heavy (non-hydrogen) atoms. The number of nitrogens with zero attached hydrogens (tertiary/aromatic N) is 1. The fraction of sp³-hybridized carbons (Fsp3) is 0.0909. The van der Waals surface area contributed by atoms with Crippen molar-refractivity contribution >= 4 is 27.7 Å². The van der Waals surface area contributed by atoms with Crippen LogP contribution in [0.1, 0.15) is 28.6 Å². The highest BCUT2D eigenvalue weighted by molar-refractivity contribution is 9.10. The Morgan fingerprint density at radius 1 is 1.10 bits per heavy atom. The zero-order chi connectivity index (χ0) is 21.7. The molecular weight excluding hydrogens is 456 g/mol. The normalized spacial score (nSPS) is 11.3. The highest BCUT2D eigenvalue weighted by Gasteiger charge is 2.22. The number of ether oxygens (including phenoxy) is 1. The quantitative estimate of drug-likeness (QED) is 0.548. The van der Waals surface area contributed by atoms with Gasteiger partial charge in [0.1, 0.15) is 17.3 Å². The summed E-state index contributed by atoms with van der Waals surface area (Å²) in [7, 11) is 0. The average Bonchev–Trinajstić information content (AvgIpc) is 2.66. The van der Waals surface area contributed by atoms with Crippen molar-refractivity contribution < 1.29 is 18.3 Å². The van der Waals surface area contributed by atoms with E-state index in [-0.39, 0.29) is 23.4 Å². The van der Waals surface area contributed by atoms with E-state index < -0.39 is 23.8 Å². The lowest BCUT2D eigenvalue weighted by molar-refractivity contribution is 0.104. The van der Waals surface area contributed by atoms with Gasteiger partial charge in [0.05, 0.1) is 11.4 Å². The number of pyridine rings is 1. The van der Waals surface area contributed by atoms with Gasteiger partial charge < -0.3 is 16.2 Å². The molecule has 1 unspecified atom stereocenters. The second-order valence-corrected chi connectivity index (χ2v) is 7.17. The molecule has 5 nitrogen and oxygen atoms in total. The largest absolute Gasteiger partial charge is 0.439 e. The lowest BCUT2D eigenvalue weighted by atomic mass is 10.0. The van der Waals surface area contributed by atoms with Crippen molar-refractivity contribution in [2.45, 2.75) is 12.5 Å². The number of amides is 1. The zero-order valence-electron chi connectivity index (χ0n) is 15.5. The van der Waals surface area contributed by atoms with E-state index in [0.29, 0.717) is 10.2 Å².